The second kappa shape index (κ2) is 6.60. The van der Waals surface area contributed by atoms with Gasteiger partial charge >= 0.3 is 6.09 Å². The number of thioether (sulfide) groups is 1. The lowest BCUT2D eigenvalue weighted by Gasteiger charge is -2.33. The standard InChI is InChI=1S/C16H23NO3S/c1-16(2,3)20-15(19)17-10-8-14(9-11-17)21-13-6-4-12(18)5-7-13/h4-7,14,18H,8-11H2,1-3H3. The molecular formula is C16H23NO3S. The molecule has 2 rings (SSSR count). The maximum atomic E-state index is 12.0. The SMILES string of the molecule is CC(C)(C)OC(=O)N1CCC(Sc2ccc(O)cc2)CC1. The van der Waals surface area contributed by atoms with Gasteiger partial charge < -0.3 is 14.7 Å². The van der Waals surface area contributed by atoms with E-state index in [1.165, 1.54) is 0 Å². The predicted molar refractivity (Wildman–Crippen MR) is 84.8 cm³/mol. The van der Waals surface area contributed by atoms with Crippen molar-refractivity contribution in [2.45, 2.75) is 49.4 Å². The van der Waals surface area contributed by atoms with Gasteiger partial charge in [-0.15, -0.1) is 11.8 Å². The molecule has 0 aliphatic carbocycles. The number of benzene rings is 1. The fourth-order valence-corrected chi connectivity index (χ4v) is 3.32. The Kier molecular flexibility index (Phi) is 5.04. The molecule has 1 heterocycles. The maximum absolute atomic E-state index is 12.0. The van der Waals surface area contributed by atoms with E-state index in [0.717, 1.165) is 30.8 Å². The van der Waals surface area contributed by atoms with Gasteiger partial charge in [0, 0.05) is 23.2 Å². The highest BCUT2D eigenvalue weighted by atomic mass is 32.2. The fraction of sp³-hybridized carbons (Fsp3) is 0.562. The van der Waals surface area contributed by atoms with Gasteiger partial charge in [-0.2, -0.15) is 0 Å². The Labute approximate surface area is 130 Å². The number of amides is 1. The monoisotopic (exact) mass is 309 g/mol. The minimum atomic E-state index is -0.436. The Morgan fingerprint density at radius 3 is 2.33 bits per heavy atom. The molecule has 0 bridgehead atoms. The lowest BCUT2D eigenvalue weighted by Crippen LogP contribution is -2.42. The summed E-state index contributed by atoms with van der Waals surface area (Å²) in [7, 11) is 0. The van der Waals surface area contributed by atoms with Gasteiger partial charge in [-0.1, -0.05) is 0 Å². The van der Waals surface area contributed by atoms with Gasteiger partial charge in [0.15, 0.2) is 0 Å². The summed E-state index contributed by atoms with van der Waals surface area (Å²) < 4.78 is 5.40. The smallest absolute Gasteiger partial charge is 0.410 e. The molecule has 1 aliphatic heterocycles. The summed E-state index contributed by atoms with van der Waals surface area (Å²) in [4.78, 5) is 14.9. The van der Waals surface area contributed by atoms with Crippen molar-refractivity contribution < 1.29 is 14.6 Å². The van der Waals surface area contributed by atoms with Crippen LogP contribution in [-0.2, 0) is 4.74 Å². The Morgan fingerprint density at radius 1 is 1.24 bits per heavy atom. The summed E-state index contributed by atoms with van der Waals surface area (Å²) in [5.41, 5.74) is -0.436. The molecule has 1 N–H and O–H groups in total. The van der Waals surface area contributed by atoms with Crippen LogP contribution in [0.3, 0.4) is 0 Å². The number of carbonyl (C=O) groups is 1. The van der Waals surface area contributed by atoms with Crippen LogP contribution in [0.4, 0.5) is 4.79 Å². The van der Waals surface area contributed by atoms with Gasteiger partial charge in [0.05, 0.1) is 0 Å². The van der Waals surface area contributed by atoms with Crippen molar-refractivity contribution in [3.8, 4) is 5.75 Å². The second-order valence-corrected chi connectivity index (χ2v) is 7.65. The average Bonchev–Trinajstić information content (AvgIpc) is 2.40. The van der Waals surface area contributed by atoms with Crippen LogP contribution in [0, 0.1) is 0 Å². The number of phenols is 1. The Bertz CT molecular complexity index is 473. The zero-order chi connectivity index (χ0) is 15.5. The number of carbonyl (C=O) groups excluding carboxylic acids is 1. The van der Waals surface area contributed by atoms with Crippen molar-refractivity contribution in [3.05, 3.63) is 24.3 Å². The highest BCUT2D eigenvalue weighted by Crippen LogP contribution is 2.31. The minimum absolute atomic E-state index is 0.212. The van der Waals surface area contributed by atoms with E-state index in [1.807, 2.05) is 44.7 Å². The summed E-state index contributed by atoms with van der Waals surface area (Å²) in [5, 5.41) is 9.79. The first-order chi connectivity index (χ1) is 9.83. The van der Waals surface area contributed by atoms with E-state index < -0.39 is 5.60 Å². The summed E-state index contributed by atoms with van der Waals surface area (Å²) >= 11 is 1.81. The van der Waals surface area contributed by atoms with E-state index in [9.17, 15) is 9.90 Å². The van der Waals surface area contributed by atoms with Crippen molar-refractivity contribution in [1.29, 1.82) is 0 Å². The number of hydrogen-bond donors (Lipinski definition) is 1. The van der Waals surface area contributed by atoms with Crippen LogP contribution in [0.1, 0.15) is 33.6 Å². The van der Waals surface area contributed by atoms with Gasteiger partial charge in [-0.05, 0) is 57.9 Å². The first kappa shape index (κ1) is 16.0. The Hall–Kier alpha value is -1.36. The molecule has 1 saturated heterocycles. The number of hydrogen-bond acceptors (Lipinski definition) is 4. The molecule has 0 radical (unpaired) electrons. The van der Waals surface area contributed by atoms with Crippen molar-refractivity contribution in [2.24, 2.45) is 0 Å². The summed E-state index contributed by atoms with van der Waals surface area (Å²) in [6.07, 6.45) is 1.71. The van der Waals surface area contributed by atoms with E-state index in [-0.39, 0.29) is 6.09 Å². The highest BCUT2D eigenvalue weighted by molar-refractivity contribution is 8.00. The average molecular weight is 309 g/mol. The van der Waals surface area contributed by atoms with Crippen LogP contribution in [0.25, 0.3) is 0 Å². The topological polar surface area (TPSA) is 49.8 Å². The molecule has 1 aromatic rings. The summed E-state index contributed by atoms with van der Waals surface area (Å²) in [6.45, 7) is 7.14. The van der Waals surface area contributed by atoms with E-state index in [4.69, 9.17) is 4.74 Å². The van der Waals surface area contributed by atoms with Crippen molar-refractivity contribution in [2.75, 3.05) is 13.1 Å². The van der Waals surface area contributed by atoms with Crippen molar-refractivity contribution >= 4 is 17.9 Å². The largest absolute Gasteiger partial charge is 0.508 e. The van der Waals surface area contributed by atoms with Crippen LogP contribution >= 0.6 is 11.8 Å². The third-order valence-corrected chi connectivity index (χ3v) is 4.58. The first-order valence-corrected chi connectivity index (χ1v) is 8.15. The highest BCUT2D eigenvalue weighted by Gasteiger charge is 2.27. The molecule has 116 valence electrons. The normalized spacial score (nSPS) is 16.8. The van der Waals surface area contributed by atoms with Gasteiger partial charge in [0.1, 0.15) is 11.4 Å². The van der Waals surface area contributed by atoms with E-state index >= 15 is 0 Å². The Balaban J connectivity index is 1.80. The number of nitrogens with zero attached hydrogens (tertiary/aromatic N) is 1. The van der Waals surface area contributed by atoms with E-state index in [1.54, 1.807) is 17.0 Å². The molecule has 0 spiro atoms. The molecule has 0 atom stereocenters. The fourth-order valence-electron chi connectivity index (χ4n) is 2.20. The zero-order valence-corrected chi connectivity index (χ0v) is 13.7. The van der Waals surface area contributed by atoms with Crippen LogP contribution in [0.15, 0.2) is 29.2 Å². The third-order valence-electron chi connectivity index (χ3n) is 3.23. The molecule has 5 heteroatoms. The Morgan fingerprint density at radius 2 is 1.81 bits per heavy atom. The molecule has 1 aliphatic rings. The van der Waals surface area contributed by atoms with Crippen LogP contribution in [0.5, 0.6) is 5.75 Å². The maximum Gasteiger partial charge on any atom is 0.410 e. The number of phenolic OH excluding ortho intramolecular Hbond substituents is 1. The molecule has 0 saturated carbocycles. The summed E-state index contributed by atoms with van der Waals surface area (Å²) in [6, 6.07) is 7.27. The van der Waals surface area contributed by atoms with Crippen LogP contribution in [-0.4, -0.2) is 40.0 Å². The number of aromatic hydroxyl groups is 1. The van der Waals surface area contributed by atoms with E-state index in [0.29, 0.717) is 11.0 Å². The predicted octanol–water partition coefficient (Wildman–Crippen LogP) is 3.88. The van der Waals surface area contributed by atoms with Gasteiger partial charge in [0.2, 0.25) is 0 Å². The number of rotatable bonds is 2. The first-order valence-electron chi connectivity index (χ1n) is 7.27. The molecule has 1 fully saturated rings. The van der Waals surface area contributed by atoms with Gasteiger partial charge in [-0.25, -0.2) is 4.79 Å². The van der Waals surface area contributed by atoms with Gasteiger partial charge in [-0.3, -0.25) is 0 Å². The van der Waals surface area contributed by atoms with Crippen molar-refractivity contribution in [1.82, 2.24) is 4.90 Å². The lowest BCUT2D eigenvalue weighted by molar-refractivity contribution is 0.0219. The molecule has 1 aromatic carbocycles. The van der Waals surface area contributed by atoms with Crippen LogP contribution < -0.4 is 0 Å². The molecule has 0 unspecified atom stereocenters. The lowest BCUT2D eigenvalue weighted by atomic mass is 10.1. The van der Waals surface area contributed by atoms with E-state index in [2.05, 4.69) is 0 Å². The number of ether oxygens (including phenoxy) is 1. The number of likely N-dealkylation sites (tertiary alicyclic amines) is 1. The third kappa shape index (κ3) is 5.16. The van der Waals surface area contributed by atoms with Crippen molar-refractivity contribution in [3.63, 3.8) is 0 Å². The molecule has 21 heavy (non-hydrogen) atoms. The second-order valence-electron chi connectivity index (χ2n) is 6.28. The van der Waals surface area contributed by atoms with Crippen LogP contribution in [0.2, 0.25) is 0 Å². The van der Waals surface area contributed by atoms with Gasteiger partial charge in [0.25, 0.3) is 0 Å². The summed E-state index contributed by atoms with van der Waals surface area (Å²) in [5.74, 6) is 0.291. The molecule has 0 aromatic heterocycles. The number of piperidine rings is 1. The zero-order valence-electron chi connectivity index (χ0n) is 12.8. The molecular weight excluding hydrogens is 286 g/mol. The minimum Gasteiger partial charge on any atom is -0.508 e. The molecule has 1 amide bonds. The molecule has 4 nitrogen and oxygen atoms in total. The quantitative estimate of drug-likeness (QED) is 0.900.